The SMILES string of the molecule is CC(C)(CSC(C)(C)[C@@H](N)C(=O)O)C(=O)O. The van der Waals surface area contributed by atoms with E-state index in [1.54, 1.807) is 27.7 Å². The van der Waals surface area contributed by atoms with Gasteiger partial charge in [-0.25, -0.2) is 0 Å². The molecule has 0 unspecified atom stereocenters. The van der Waals surface area contributed by atoms with Gasteiger partial charge in [-0.3, -0.25) is 9.59 Å². The monoisotopic (exact) mass is 249 g/mol. The van der Waals surface area contributed by atoms with Gasteiger partial charge in [0.2, 0.25) is 0 Å². The molecule has 0 spiro atoms. The molecule has 0 rings (SSSR count). The molecule has 0 fully saturated rings. The summed E-state index contributed by atoms with van der Waals surface area (Å²) in [6.45, 7) is 6.61. The van der Waals surface area contributed by atoms with Crippen LogP contribution in [0.1, 0.15) is 27.7 Å². The van der Waals surface area contributed by atoms with Crippen LogP contribution in [-0.4, -0.2) is 38.7 Å². The van der Waals surface area contributed by atoms with Crippen molar-refractivity contribution in [1.82, 2.24) is 0 Å². The second-order valence-electron chi connectivity index (χ2n) is 4.90. The zero-order chi connectivity index (χ0) is 13.1. The van der Waals surface area contributed by atoms with Gasteiger partial charge in [0.1, 0.15) is 6.04 Å². The second-order valence-corrected chi connectivity index (χ2v) is 6.53. The van der Waals surface area contributed by atoms with E-state index in [2.05, 4.69) is 0 Å². The first-order valence-corrected chi connectivity index (χ1v) is 5.85. The summed E-state index contributed by atoms with van der Waals surface area (Å²) in [7, 11) is 0. The Morgan fingerprint density at radius 2 is 1.69 bits per heavy atom. The number of aliphatic carboxylic acids is 2. The maximum absolute atomic E-state index is 10.9. The lowest BCUT2D eigenvalue weighted by Gasteiger charge is -2.31. The van der Waals surface area contributed by atoms with Gasteiger partial charge in [-0.15, -0.1) is 0 Å². The van der Waals surface area contributed by atoms with Crippen LogP contribution in [0.4, 0.5) is 0 Å². The zero-order valence-electron chi connectivity index (χ0n) is 9.98. The summed E-state index contributed by atoms with van der Waals surface area (Å²) in [6.07, 6.45) is 0. The Kier molecular flexibility index (Phi) is 4.82. The minimum atomic E-state index is -1.08. The Bertz CT molecular complexity index is 289. The Labute approximate surface area is 99.4 Å². The van der Waals surface area contributed by atoms with Gasteiger partial charge in [0.05, 0.1) is 5.41 Å². The molecular formula is C10H19NO4S. The quantitative estimate of drug-likeness (QED) is 0.649. The first kappa shape index (κ1) is 15.2. The van der Waals surface area contributed by atoms with Crippen LogP contribution in [0.2, 0.25) is 0 Å². The summed E-state index contributed by atoms with van der Waals surface area (Å²) in [5.41, 5.74) is 4.64. The lowest BCUT2D eigenvalue weighted by molar-refractivity contribution is -0.145. The molecule has 0 heterocycles. The molecule has 0 aromatic heterocycles. The standard InChI is InChI=1S/C10H19NO4S/c1-9(2,8(14)15)5-16-10(3,4)6(11)7(12)13/h6H,5,11H2,1-4H3,(H,12,13)(H,14,15)/t6-/m0/s1. The van der Waals surface area contributed by atoms with Gasteiger partial charge in [-0.1, -0.05) is 0 Å². The lowest BCUT2D eigenvalue weighted by atomic mass is 9.97. The average molecular weight is 249 g/mol. The fourth-order valence-corrected chi connectivity index (χ4v) is 1.95. The molecule has 0 amide bonds. The van der Waals surface area contributed by atoms with Gasteiger partial charge in [-0.2, -0.15) is 11.8 Å². The molecule has 94 valence electrons. The number of carboxylic acid groups (broad SMARTS) is 2. The first-order valence-electron chi connectivity index (χ1n) is 4.86. The van der Waals surface area contributed by atoms with E-state index in [0.717, 1.165) is 0 Å². The fourth-order valence-electron chi connectivity index (χ4n) is 0.815. The highest BCUT2D eigenvalue weighted by Gasteiger charge is 2.36. The highest BCUT2D eigenvalue weighted by atomic mass is 32.2. The van der Waals surface area contributed by atoms with Crippen LogP contribution in [0.15, 0.2) is 0 Å². The maximum Gasteiger partial charge on any atom is 0.321 e. The molecule has 0 aromatic carbocycles. The summed E-state index contributed by atoms with van der Waals surface area (Å²) in [6, 6.07) is -1.01. The van der Waals surface area contributed by atoms with Gasteiger partial charge in [0.25, 0.3) is 0 Å². The third kappa shape index (κ3) is 4.02. The van der Waals surface area contributed by atoms with E-state index in [0.29, 0.717) is 5.75 Å². The van der Waals surface area contributed by atoms with Crippen molar-refractivity contribution in [2.75, 3.05) is 5.75 Å². The van der Waals surface area contributed by atoms with Crippen LogP contribution in [0.5, 0.6) is 0 Å². The van der Waals surface area contributed by atoms with E-state index in [-0.39, 0.29) is 0 Å². The molecule has 0 saturated heterocycles. The lowest BCUT2D eigenvalue weighted by Crippen LogP contribution is -2.47. The Balaban J connectivity index is 4.51. The third-order valence-corrected chi connectivity index (χ3v) is 4.26. The van der Waals surface area contributed by atoms with Crippen molar-refractivity contribution in [1.29, 1.82) is 0 Å². The molecule has 0 aliphatic heterocycles. The van der Waals surface area contributed by atoms with E-state index >= 15 is 0 Å². The molecular weight excluding hydrogens is 230 g/mol. The fraction of sp³-hybridized carbons (Fsp3) is 0.800. The van der Waals surface area contributed by atoms with Crippen molar-refractivity contribution in [2.24, 2.45) is 11.1 Å². The molecule has 16 heavy (non-hydrogen) atoms. The topological polar surface area (TPSA) is 101 Å². The predicted octanol–water partition coefficient (Wildman–Crippen LogP) is 1.02. The van der Waals surface area contributed by atoms with Crippen molar-refractivity contribution in [2.45, 2.75) is 38.5 Å². The van der Waals surface area contributed by atoms with Crippen LogP contribution in [0.3, 0.4) is 0 Å². The van der Waals surface area contributed by atoms with Crippen molar-refractivity contribution in [3.05, 3.63) is 0 Å². The normalized spacial score (nSPS) is 14.6. The number of nitrogens with two attached hydrogens (primary N) is 1. The summed E-state index contributed by atoms with van der Waals surface area (Å²) in [5.74, 6) is -1.67. The Hall–Kier alpha value is -0.750. The molecule has 0 bridgehead atoms. The Morgan fingerprint density at radius 1 is 1.25 bits per heavy atom. The number of hydrogen-bond acceptors (Lipinski definition) is 4. The van der Waals surface area contributed by atoms with Crippen LogP contribution in [-0.2, 0) is 9.59 Å². The van der Waals surface area contributed by atoms with E-state index in [9.17, 15) is 9.59 Å². The van der Waals surface area contributed by atoms with Crippen LogP contribution < -0.4 is 5.73 Å². The van der Waals surface area contributed by atoms with Crippen LogP contribution >= 0.6 is 11.8 Å². The molecule has 6 heteroatoms. The molecule has 0 radical (unpaired) electrons. The number of thioether (sulfide) groups is 1. The predicted molar refractivity (Wildman–Crippen MR) is 63.6 cm³/mol. The van der Waals surface area contributed by atoms with Gasteiger partial charge >= 0.3 is 11.9 Å². The van der Waals surface area contributed by atoms with E-state index in [4.69, 9.17) is 15.9 Å². The van der Waals surface area contributed by atoms with E-state index in [1.165, 1.54) is 11.8 Å². The van der Waals surface area contributed by atoms with Crippen molar-refractivity contribution < 1.29 is 19.8 Å². The van der Waals surface area contributed by atoms with E-state index in [1.807, 2.05) is 0 Å². The molecule has 0 saturated carbocycles. The van der Waals surface area contributed by atoms with Gasteiger partial charge in [-0.05, 0) is 27.7 Å². The summed E-state index contributed by atoms with van der Waals surface area (Å²) < 4.78 is -0.696. The third-order valence-electron chi connectivity index (χ3n) is 2.40. The molecule has 0 aliphatic rings. The van der Waals surface area contributed by atoms with Crippen LogP contribution in [0.25, 0.3) is 0 Å². The maximum atomic E-state index is 10.9. The molecule has 0 aliphatic carbocycles. The van der Waals surface area contributed by atoms with Crippen LogP contribution in [0, 0.1) is 5.41 Å². The molecule has 1 atom stereocenters. The largest absolute Gasteiger partial charge is 0.481 e. The minimum Gasteiger partial charge on any atom is -0.481 e. The van der Waals surface area contributed by atoms with Crippen molar-refractivity contribution >= 4 is 23.7 Å². The smallest absolute Gasteiger partial charge is 0.321 e. The summed E-state index contributed by atoms with van der Waals surface area (Å²) in [4.78, 5) is 21.6. The number of hydrogen-bond donors (Lipinski definition) is 3. The number of rotatable bonds is 6. The number of carbonyl (C=O) groups is 2. The summed E-state index contributed by atoms with van der Waals surface area (Å²) >= 11 is 1.26. The first-order chi connectivity index (χ1) is 7.00. The number of carboxylic acids is 2. The highest BCUT2D eigenvalue weighted by molar-refractivity contribution is 8.00. The molecule has 5 nitrogen and oxygen atoms in total. The van der Waals surface area contributed by atoms with Gasteiger partial charge in [0.15, 0.2) is 0 Å². The highest BCUT2D eigenvalue weighted by Crippen LogP contribution is 2.33. The molecule has 0 aromatic rings. The van der Waals surface area contributed by atoms with Gasteiger partial charge in [0, 0.05) is 10.5 Å². The van der Waals surface area contributed by atoms with Gasteiger partial charge < -0.3 is 15.9 Å². The van der Waals surface area contributed by atoms with Crippen molar-refractivity contribution in [3.8, 4) is 0 Å². The molecule has 4 N–H and O–H groups in total. The zero-order valence-corrected chi connectivity index (χ0v) is 10.8. The second kappa shape index (κ2) is 5.05. The Morgan fingerprint density at radius 3 is 2.00 bits per heavy atom. The summed E-state index contributed by atoms with van der Waals surface area (Å²) in [5, 5.41) is 17.7. The average Bonchev–Trinajstić information content (AvgIpc) is 2.13. The minimum absolute atomic E-state index is 0.316. The van der Waals surface area contributed by atoms with Crippen molar-refractivity contribution in [3.63, 3.8) is 0 Å². The van der Waals surface area contributed by atoms with E-state index < -0.39 is 28.1 Å².